The van der Waals surface area contributed by atoms with Crippen LogP contribution in [0.5, 0.6) is 5.75 Å². The highest BCUT2D eigenvalue weighted by Crippen LogP contribution is 2.24. The number of piperidine rings is 1. The summed E-state index contributed by atoms with van der Waals surface area (Å²) in [5, 5.41) is 6.68. The monoisotopic (exact) mass is 410 g/mol. The molecule has 1 aliphatic heterocycles. The number of nitrogens with one attached hydrogen (secondary N) is 2. The average Bonchev–Trinajstić information content (AvgIpc) is 2.79. The van der Waals surface area contributed by atoms with Crippen molar-refractivity contribution < 1.29 is 9.53 Å². The maximum absolute atomic E-state index is 11.4. The number of hydrogen-bond acceptors (Lipinski definition) is 5. The summed E-state index contributed by atoms with van der Waals surface area (Å²) >= 11 is 0. The van der Waals surface area contributed by atoms with Gasteiger partial charge in [0.1, 0.15) is 11.6 Å². The van der Waals surface area contributed by atoms with E-state index >= 15 is 0 Å². The molecule has 30 heavy (non-hydrogen) atoms. The lowest BCUT2D eigenvalue weighted by atomic mass is 9.96. The van der Waals surface area contributed by atoms with E-state index in [0.29, 0.717) is 19.0 Å². The molecule has 8 heteroatoms. The van der Waals surface area contributed by atoms with Gasteiger partial charge in [-0.05, 0) is 36.6 Å². The number of benzene rings is 1. The lowest BCUT2D eigenvalue weighted by Crippen LogP contribution is -2.40. The zero-order valence-electron chi connectivity index (χ0n) is 17.6. The summed E-state index contributed by atoms with van der Waals surface area (Å²) < 4.78 is 5.27. The summed E-state index contributed by atoms with van der Waals surface area (Å²) in [7, 11) is 3.41. The van der Waals surface area contributed by atoms with Gasteiger partial charge in [-0.25, -0.2) is 4.98 Å². The zero-order valence-corrected chi connectivity index (χ0v) is 17.6. The van der Waals surface area contributed by atoms with E-state index in [1.54, 1.807) is 20.4 Å². The van der Waals surface area contributed by atoms with Gasteiger partial charge in [-0.3, -0.25) is 9.79 Å². The van der Waals surface area contributed by atoms with Gasteiger partial charge in [0.05, 0.1) is 7.11 Å². The predicted molar refractivity (Wildman–Crippen MR) is 118 cm³/mol. The molecule has 2 heterocycles. The minimum absolute atomic E-state index is 0.0359. The minimum atomic E-state index is -0.205. The fourth-order valence-corrected chi connectivity index (χ4v) is 3.60. The number of methoxy groups -OCH3 is 1. The molecule has 0 aliphatic carbocycles. The number of carbonyl (C=O) groups is 1. The number of aromatic nitrogens is 1. The Bertz CT molecular complexity index is 877. The molecule has 8 nitrogen and oxygen atoms in total. The Morgan fingerprint density at radius 1 is 1.23 bits per heavy atom. The molecule has 0 unspecified atom stereocenters. The van der Waals surface area contributed by atoms with Gasteiger partial charge >= 0.3 is 0 Å². The summed E-state index contributed by atoms with van der Waals surface area (Å²) in [6.45, 7) is 2.79. The van der Waals surface area contributed by atoms with E-state index in [9.17, 15) is 4.79 Å². The SMILES string of the molecule is CN=C(NCc1cccc(OC)c1)NCc1cccnc1N1CCC(C(N)=O)CC1. The van der Waals surface area contributed by atoms with E-state index in [1.807, 2.05) is 30.3 Å². The van der Waals surface area contributed by atoms with Crippen LogP contribution in [0.2, 0.25) is 0 Å². The van der Waals surface area contributed by atoms with Crippen molar-refractivity contribution in [3.05, 3.63) is 53.7 Å². The van der Waals surface area contributed by atoms with Crippen molar-refractivity contribution in [1.82, 2.24) is 15.6 Å². The fourth-order valence-electron chi connectivity index (χ4n) is 3.60. The Kier molecular flexibility index (Phi) is 7.48. The molecule has 1 aromatic carbocycles. The van der Waals surface area contributed by atoms with Gasteiger partial charge in [0.25, 0.3) is 0 Å². The molecule has 4 N–H and O–H groups in total. The van der Waals surface area contributed by atoms with E-state index in [2.05, 4.69) is 31.6 Å². The van der Waals surface area contributed by atoms with Crippen LogP contribution in [-0.4, -0.2) is 44.1 Å². The molecule has 160 valence electrons. The number of anilines is 1. The predicted octanol–water partition coefficient (Wildman–Crippen LogP) is 1.66. The summed E-state index contributed by atoms with van der Waals surface area (Å²) in [6, 6.07) is 11.9. The van der Waals surface area contributed by atoms with Crippen LogP contribution in [0.3, 0.4) is 0 Å². The van der Waals surface area contributed by atoms with Gasteiger partial charge in [-0.1, -0.05) is 18.2 Å². The fraction of sp³-hybridized carbons (Fsp3) is 0.409. The van der Waals surface area contributed by atoms with Gasteiger partial charge in [0.15, 0.2) is 5.96 Å². The number of guanidine groups is 1. The highest BCUT2D eigenvalue weighted by Gasteiger charge is 2.24. The smallest absolute Gasteiger partial charge is 0.220 e. The molecular weight excluding hydrogens is 380 g/mol. The van der Waals surface area contributed by atoms with Gasteiger partial charge in [0, 0.05) is 50.9 Å². The van der Waals surface area contributed by atoms with E-state index in [4.69, 9.17) is 10.5 Å². The Morgan fingerprint density at radius 2 is 2.00 bits per heavy atom. The largest absolute Gasteiger partial charge is 0.497 e. The van der Waals surface area contributed by atoms with Crippen LogP contribution in [0.4, 0.5) is 5.82 Å². The second kappa shape index (κ2) is 10.5. The standard InChI is InChI=1S/C22H30N6O2/c1-24-22(26-14-16-5-3-7-19(13-16)30-2)27-15-18-6-4-10-25-21(18)28-11-8-17(9-12-28)20(23)29/h3-7,10,13,17H,8-9,11-12,14-15H2,1-2H3,(H2,23,29)(H2,24,26,27). The molecule has 1 aliphatic rings. The van der Waals surface area contributed by atoms with E-state index in [0.717, 1.165) is 48.6 Å². The normalized spacial score (nSPS) is 15.0. The number of amides is 1. The highest BCUT2D eigenvalue weighted by atomic mass is 16.5. The van der Waals surface area contributed by atoms with Crippen LogP contribution in [-0.2, 0) is 17.9 Å². The van der Waals surface area contributed by atoms with Gasteiger partial charge in [0.2, 0.25) is 5.91 Å². The molecule has 3 rings (SSSR count). The topological polar surface area (TPSA) is 105 Å². The maximum Gasteiger partial charge on any atom is 0.220 e. The lowest BCUT2D eigenvalue weighted by Gasteiger charge is -2.32. The third-order valence-electron chi connectivity index (χ3n) is 5.33. The molecule has 1 aromatic heterocycles. The van der Waals surface area contributed by atoms with E-state index in [-0.39, 0.29) is 11.8 Å². The number of nitrogens with two attached hydrogens (primary N) is 1. The first kappa shape index (κ1) is 21.4. The Hall–Kier alpha value is -3.29. The van der Waals surface area contributed by atoms with Crippen LogP contribution in [0.15, 0.2) is 47.6 Å². The molecule has 0 radical (unpaired) electrons. The summed E-state index contributed by atoms with van der Waals surface area (Å²) in [6.07, 6.45) is 3.33. The molecule has 1 amide bonds. The maximum atomic E-state index is 11.4. The number of pyridine rings is 1. The first-order valence-corrected chi connectivity index (χ1v) is 10.2. The van der Waals surface area contributed by atoms with Crippen molar-refractivity contribution in [1.29, 1.82) is 0 Å². The van der Waals surface area contributed by atoms with Crippen LogP contribution >= 0.6 is 0 Å². The first-order chi connectivity index (χ1) is 14.6. The third kappa shape index (κ3) is 5.62. The van der Waals surface area contributed by atoms with Crippen molar-refractivity contribution in [3.8, 4) is 5.75 Å². The van der Waals surface area contributed by atoms with E-state index < -0.39 is 0 Å². The first-order valence-electron chi connectivity index (χ1n) is 10.2. The van der Waals surface area contributed by atoms with Crippen molar-refractivity contribution in [2.24, 2.45) is 16.6 Å². The number of primary amides is 1. The Morgan fingerprint density at radius 3 is 2.70 bits per heavy atom. The quantitative estimate of drug-likeness (QED) is 0.474. The molecule has 0 bridgehead atoms. The number of hydrogen-bond donors (Lipinski definition) is 3. The zero-order chi connectivity index (χ0) is 21.3. The summed E-state index contributed by atoms with van der Waals surface area (Å²) in [5.41, 5.74) is 7.64. The molecule has 1 fully saturated rings. The van der Waals surface area contributed by atoms with Crippen LogP contribution in [0.1, 0.15) is 24.0 Å². The Labute approximate surface area is 177 Å². The average molecular weight is 411 g/mol. The number of aliphatic imine (C=N–C) groups is 1. The molecule has 2 aromatic rings. The van der Waals surface area contributed by atoms with Gasteiger partial charge in [-0.2, -0.15) is 0 Å². The second-order valence-corrected chi connectivity index (χ2v) is 7.28. The van der Waals surface area contributed by atoms with Crippen molar-refractivity contribution >= 4 is 17.7 Å². The number of carbonyl (C=O) groups excluding carboxylic acids is 1. The van der Waals surface area contributed by atoms with E-state index in [1.165, 1.54) is 0 Å². The lowest BCUT2D eigenvalue weighted by molar-refractivity contribution is -0.122. The highest BCUT2D eigenvalue weighted by molar-refractivity contribution is 5.79. The van der Waals surface area contributed by atoms with Gasteiger partial charge < -0.3 is 26.0 Å². The van der Waals surface area contributed by atoms with Crippen LogP contribution in [0, 0.1) is 5.92 Å². The van der Waals surface area contributed by atoms with Crippen LogP contribution in [0.25, 0.3) is 0 Å². The third-order valence-corrected chi connectivity index (χ3v) is 5.33. The van der Waals surface area contributed by atoms with Crippen molar-refractivity contribution in [2.45, 2.75) is 25.9 Å². The molecular formula is C22H30N6O2. The Balaban J connectivity index is 1.57. The van der Waals surface area contributed by atoms with Crippen molar-refractivity contribution in [2.75, 3.05) is 32.1 Å². The molecule has 0 atom stereocenters. The van der Waals surface area contributed by atoms with Gasteiger partial charge in [-0.15, -0.1) is 0 Å². The number of nitrogens with zero attached hydrogens (tertiary/aromatic N) is 3. The number of ether oxygens (including phenoxy) is 1. The molecule has 0 saturated carbocycles. The second-order valence-electron chi connectivity index (χ2n) is 7.28. The summed E-state index contributed by atoms with van der Waals surface area (Å²) in [4.78, 5) is 22.5. The number of rotatable bonds is 7. The van der Waals surface area contributed by atoms with Crippen LogP contribution < -0.4 is 26.0 Å². The minimum Gasteiger partial charge on any atom is -0.497 e. The van der Waals surface area contributed by atoms with Crippen molar-refractivity contribution in [3.63, 3.8) is 0 Å². The molecule has 0 spiro atoms. The molecule has 1 saturated heterocycles. The summed E-state index contributed by atoms with van der Waals surface area (Å²) in [5.74, 6) is 2.24.